The van der Waals surface area contributed by atoms with Crippen molar-refractivity contribution >= 4 is 27.5 Å². The molecule has 0 amide bonds. The smallest absolute Gasteiger partial charge is 0.0760 e. The van der Waals surface area contributed by atoms with Crippen LogP contribution in [0.15, 0.2) is 28.9 Å². The van der Waals surface area contributed by atoms with E-state index in [0.29, 0.717) is 6.04 Å². The zero-order valence-corrected chi connectivity index (χ0v) is 14.5. The lowest BCUT2D eigenvalue weighted by Gasteiger charge is -2.22. The molecule has 2 rings (SSSR count). The molecule has 0 aliphatic carbocycles. The predicted octanol–water partition coefficient (Wildman–Crippen LogP) is 4.50. The summed E-state index contributed by atoms with van der Waals surface area (Å²) in [6.07, 6.45) is 1.85. The van der Waals surface area contributed by atoms with Gasteiger partial charge in [0.15, 0.2) is 0 Å². The number of hydrogen-bond donors (Lipinski definition) is 1. The van der Waals surface area contributed by atoms with E-state index in [1.807, 2.05) is 36.1 Å². The Morgan fingerprint density at radius 2 is 2.05 bits per heavy atom. The molecule has 1 aromatic heterocycles. The van der Waals surface area contributed by atoms with Crippen LogP contribution in [0.25, 0.3) is 0 Å². The van der Waals surface area contributed by atoms with Crippen LogP contribution >= 0.6 is 27.5 Å². The molecule has 5 heteroatoms. The summed E-state index contributed by atoms with van der Waals surface area (Å²) < 4.78 is 3.04. The average Bonchev–Trinajstić information content (AvgIpc) is 2.77. The Kier molecular flexibility index (Phi) is 4.89. The molecule has 1 aromatic carbocycles. The Morgan fingerprint density at radius 3 is 2.65 bits per heavy atom. The van der Waals surface area contributed by atoms with Crippen molar-refractivity contribution in [2.24, 2.45) is 0 Å². The van der Waals surface area contributed by atoms with E-state index < -0.39 is 0 Å². The summed E-state index contributed by atoms with van der Waals surface area (Å²) in [6.45, 7) is 6.35. The van der Waals surface area contributed by atoms with Crippen LogP contribution in [0, 0.1) is 6.92 Å². The maximum Gasteiger partial charge on any atom is 0.0760 e. The minimum Gasteiger partial charge on any atom is -0.308 e. The van der Waals surface area contributed by atoms with E-state index in [1.54, 1.807) is 0 Å². The van der Waals surface area contributed by atoms with Crippen molar-refractivity contribution in [1.82, 2.24) is 15.1 Å². The zero-order valence-electron chi connectivity index (χ0n) is 12.1. The van der Waals surface area contributed by atoms with Crippen molar-refractivity contribution in [3.63, 3.8) is 0 Å². The summed E-state index contributed by atoms with van der Waals surface area (Å²) in [5, 5.41) is 8.58. The number of halogens is 2. The first-order valence-corrected chi connectivity index (χ1v) is 7.79. The van der Waals surface area contributed by atoms with Gasteiger partial charge in [0.1, 0.15) is 0 Å². The molecular weight excluding hydrogens is 338 g/mol. The molecule has 20 heavy (non-hydrogen) atoms. The molecule has 1 heterocycles. The number of nitrogens with one attached hydrogen (secondary N) is 1. The highest BCUT2D eigenvalue weighted by atomic mass is 79.9. The van der Waals surface area contributed by atoms with Crippen LogP contribution in [-0.4, -0.2) is 16.8 Å². The van der Waals surface area contributed by atoms with E-state index >= 15 is 0 Å². The monoisotopic (exact) mass is 355 g/mol. The van der Waals surface area contributed by atoms with Gasteiger partial charge in [-0.05, 0) is 67.0 Å². The van der Waals surface area contributed by atoms with Crippen molar-refractivity contribution in [1.29, 1.82) is 0 Å². The van der Waals surface area contributed by atoms with Gasteiger partial charge in [0, 0.05) is 11.1 Å². The molecule has 3 nitrogen and oxygen atoms in total. The van der Waals surface area contributed by atoms with Crippen molar-refractivity contribution < 1.29 is 0 Å². The van der Waals surface area contributed by atoms with Crippen LogP contribution in [0.4, 0.5) is 0 Å². The highest BCUT2D eigenvalue weighted by Crippen LogP contribution is 2.32. The Bertz CT molecular complexity index is 607. The standard InChI is InChI=1S/C15H19BrClN3/c1-9(2)20-15(13(16)8-19-20)14(18-4)12-7-11(17)6-5-10(12)3/h5-9,14,18H,1-4H3. The van der Waals surface area contributed by atoms with Crippen molar-refractivity contribution in [2.75, 3.05) is 7.05 Å². The average molecular weight is 357 g/mol. The van der Waals surface area contributed by atoms with E-state index in [4.69, 9.17) is 11.6 Å². The summed E-state index contributed by atoms with van der Waals surface area (Å²) in [5.41, 5.74) is 3.49. The van der Waals surface area contributed by atoms with Crippen LogP contribution < -0.4 is 5.32 Å². The molecule has 1 N–H and O–H groups in total. The molecule has 0 saturated heterocycles. The highest BCUT2D eigenvalue weighted by molar-refractivity contribution is 9.10. The molecular formula is C15H19BrClN3. The van der Waals surface area contributed by atoms with Crippen LogP contribution in [0.3, 0.4) is 0 Å². The molecule has 0 spiro atoms. The third-order valence-electron chi connectivity index (χ3n) is 3.39. The molecule has 1 atom stereocenters. The normalized spacial score (nSPS) is 12.9. The lowest BCUT2D eigenvalue weighted by atomic mass is 9.98. The minimum absolute atomic E-state index is 0.0491. The van der Waals surface area contributed by atoms with Gasteiger partial charge in [-0.15, -0.1) is 0 Å². The minimum atomic E-state index is 0.0491. The lowest BCUT2D eigenvalue weighted by Crippen LogP contribution is -2.23. The highest BCUT2D eigenvalue weighted by Gasteiger charge is 2.23. The van der Waals surface area contributed by atoms with Crippen LogP contribution in [0.1, 0.15) is 42.8 Å². The van der Waals surface area contributed by atoms with Gasteiger partial charge >= 0.3 is 0 Å². The number of rotatable bonds is 4. The van der Waals surface area contributed by atoms with Crippen molar-refractivity contribution in [3.8, 4) is 0 Å². The van der Waals surface area contributed by atoms with Crippen LogP contribution in [-0.2, 0) is 0 Å². The summed E-state index contributed by atoms with van der Waals surface area (Å²) in [6, 6.07) is 6.33. The topological polar surface area (TPSA) is 29.9 Å². The Hall–Kier alpha value is -0.840. The Morgan fingerprint density at radius 1 is 1.35 bits per heavy atom. The molecule has 0 aliphatic rings. The van der Waals surface area contributed by atoms with Gasteiger partial charge in [0.05, 0.1) is 22.4 Å². The van der Waals surface area contributed by atoms with Gasteiger partial charge in [-0.1, -0.05) is 17.7 Å². The molecule has 1 unspecified atom stereocenters. The zero-order chi connectivity index (χ0) is 14.9. The van der Waals surface area contributed by atoms with Gasteiger partial charge in [-0.25, -0.2) is 0 Å². The third kappa shape index (κ3) is 2.92. The van der Waals surface area contributed by atoms with Gasteiger partial charge in [0.25, 0.3) is 0 Å². The van der Waals surface area contributed by atoms with E-state index in [1.165, 1.54) is 11.1 Å². The molecule has 108 valence electrons. The van der Waals surface area contributed by atoms with Gasteiger partial charge in [-0.2, -0.15) is 5.10 Å². The summed E-state index contributed by atoms with van der Waals surface area (Å²) >= 11 is 9.77. The second-order valence-corrected chi connectivity index (χ2v) is 6.43. The van der Waals surface area contributed by atoms with E-state index in [9.17, 15) is 0 Å². The first-order valence-electron chi connectivity index (χ1n) is 6.62. The molecule has 0 bridgehead atoms. The number of hydrogen-bond acceptors (Lipinski definition) is 2. The maximum absolute atomic E-state index is 6.16. The molecule has 0 fully saturated rings. The first kappa shape index (κ1) is 15.5. The second-order valence-electron chi connectivity index (χ2n) is 5.14. The lowest BCUT2D eigenvalue weighted by molar-refractivity contribution is 0.482. The van der Waals surface area contributed by atoms with Crippen LogP contribution in [0.5, 0.6) is 0 Å². The quantitative estimate of drug-likeness (QED) is 0.874. The van der Waals surface area contributed by atoms with Gasteiger partial charge < -0.3 is 5.32 Å². The van der Waals surface area contributed by atoms with E-state index in [-0.39, 0.29) is 6.04 Å². The summed E-state index contributed by atoms with van der Waals surface area (Å²) in [7, 11) is 1.95. The number of aromatic nitrogens is 2. The van der Waals surface area contributed by atoms with E-state index in [2.05, 4.69) is 47.1 Å². The van der Waals surface area contributed by atoms with Gasteiger partial charge in [-0.3, -0.25) is 4.68 Å². The fourth-order valence-electron chi connectivity index (χ4n) is 2.39. The first-order chi connectivity index (χ1) is 9.45. The molecule has 2 aromatic rings. The maximum atomic E-state index is 6.16. The number of nitrogens with zero attached hydrogens (tertiary/aromatic N) is 2. The van der Waals surface area contributed by atoms with Crippen LogP contribution in [0.2, 0.25) is 5.02 Å². The Labute approximate surface area is 133 Å². The van der Waals surface area contributed by atoms with E-state index in [0.717, 1.165) is 15.2 Å². The van der Waals surface area contributed by atoms with Gasteiger partial charge in [0.2, 0.25) is 0 Å². The largest absolute Gasteiger partial charge is 0.308 e. The Balaban J connectivity index is 2.58. The molecule has 0 radical (unpaired) electrons. The SMILES string of the molecule is CNC(c1cc(Cl)ccc1C)c1c(Br)cnn1C(C)C. The fraction of sp³-hybridized carbons (Fsp3) is 0.400. The summed E-state index contributed by atoms with van der Waals surface area (Å²) in [5.74, 6) is 0. The predicted molar refractivity (Wildman–Crippen MR) is 87.4 cm³/mol. The number of benzene rings is 1. The van der Waals surface area contributed by atoms with Crippen molar-refractivity contribution in [3.05, 3.63) is 50.7 Å². The summed E-state index contributed by atoms with van der Waals surface area (Å²) in [4.78, 5) is 0. The van der Waals surface area contributed by atoms with Crippen molar-refractivity contribution in [2.45, 2.75) is 32.9 Å². The fourth-order valence-corrected chi connectivity index (χ4v) is 3.08. The third-order valence-corrected chi connectivity index (χ3v) is 4.24. The number of aryl methyl sites for hydroxylation is 1. The molecule has 0 aliphatic heterocycles. The second kappa shape index (κ2) is 6.29. The molecule has 0 saturated carbocycles.